The Bertz CT molecular complexity index is 1390. The van der Waals surface area contributed by atoms with Crippen molar-refractivity contribution in [3.63, 3.8) is 0 Å². The number of amides is 2. The zero-order valence-electron chi connectivity index (χ0n) is 23.2. The number of ether oxygens (including phenoxy) is 1. The maximum absolute atomic E-state index is 14.1. The molecule has 0 aliphatic heterocycles. The van der Waals surface area contributed by atoms with Gasteiger partial charge in [0.05, 0.1) is 17.2 Å². The van der Waals surface area contributed by atoms with E-state index < -0.39 is 28.5 Å². The van der Waals surface area contributed by atoms with Crippen molar-refractivity contribution in [2.45, 2.75) is 51.6 Å². The first-order chi connectivity index (χ1) is 18.6. The Hall–Kier alpha value is -3.85. The summed E-state index contributed by atoms with van der Waals surface area (Å²) in [4.78, 5) is 28.4. The average Bonchev–Trinajstić information content (AvgIpc) is 2.93. The van der Waals surface area contributed by atoms with E-state index in [1.807, 2.05) is 45.0 Å². The average molecular weight is 552 g/mol. The Morgan fingerprint density at radius 3 is 2.18 bits per heavy atom. The predicted octanol–water partition coefficient (Wildman–Crippen LogP) is 4.45. The molecule has 3 aromatic rings. The number of carbonyl (C=O) groups excluding carboxylic acids is 2. The molecule has 0 spiro atoms. The quantitative estimate of drug-likeness (QED) is 0.359. The van der Waals surface area contributed by atoms with Crippen LogP contribution in [0.5, 0.6) is 5.75 Å². The molecule has 0 unspecified atom stereocenters. The number of hydrogen-bond acceptors (Lipinski definition) is 5. The highest BCUT2D eigenvalue weighted by Gasteiger charge is 2.34. The van der Waals surface area contributed by atoms with Gasteiger partial charge in [0, 0.05) is 13.6 Å². The van der Waals surface area contributed by atoms with Crippen molar-refractivity contribution in [3.8, 4) is 5.75 Å². The standard InChI is InChI=1S/C30H37N3O5S/c1-6-26(30(35)31-5)32(20-24-13-9-8-12-23(24)4)29(34)21-33(27-14-10-11-15-28(27)38-7-2)39(36,37)25-18-16-22(3)17-19-25/h8-19,26H,6-7,20-21H2,1-5H3,(H,31,35)/t26-/m1/s1. The molecule has 1 atom stereocenters. The first-order valence-electron chi connectivity index (χ1n) is 13.0. The number of sulfonamides is 1. The highest BCUT2D eigenvalue weighted by molar-refractivity contribution is 7.92. The minimum absolute atomic E-state index is 0.0519. The van der Waals surface area contributed by atoms with Crippen molar-refractivity contribution in [2.24, 2.45) is 0 Å². The number of nitrogens with one attached hydrogen (secondary N) is 1. The molecule has 3 aromatic carbocycles. The smallest absolute Gasteiger partial charge is 0.264 e. The Morgan fingerprint density at radius 2 is 1.56 bits per heavy atom. The number of anilines is 1. The minimum Gasteiger partial charge on any atom is -0.492 e. The SMILES string of the molecule is CCOc1ccccc1N(CC(=O)N(Cc1ccccc1C)[C@H](CC)C(=O)NC)S(=O)(=O)c1ccc(C)cc1. The van der Waals surface area contributed by atoms with Crippen LogP contribution in [0.4, 0.5) is 5.69 Å². The first-order valence-corrected chi connectivity index (χ1v) is 14.4. The number of nitrogens with zero attached hydrogens (tertiary/aromatic N) is 2. The van der Waals surface area contributed by atoms with Crippen LogP contribution in [0.25, 0.3) is 0 Å². The van der Waals surface area contributed by atoms with E-state index in [2.05, 4.69) is 5.32 Å². The Labute approximate surface area is 231 Å². The molecule has 0 bridgehead atoms. The van der Waals surface area contributed by atoms with Crippen LogP contribution in [-0.4, -0.2) is 51.4 Å². The minimum atomic E-state index is -4.17. The molecule has 39 heavy (non-hydrogen) atoms. The van der Waals surface area contributed by atoms with Crippen LogP contribution in [0.3, 0.4) is 0 Å². The van der Waals surface area contributed by atoms with E-state index in [0.29, 0.717) is 18.8 Å². The third-order valence-electron chi connectivity index (χ3n) is 6.56. The van der Waals surface area contributed by atoms with E-state index in [0.717, 1.165) is 21.0 Å². The third-order valence-corrected chi connectivity index (χ3v) is 8.33. The lowest BCUT2D eigenvalue weighted by Gasteiger charge is -2.33. The van der Waals surface area contributed by atoms with Gasteiger partial charge >= 0.3 is 0 Å². The fourth-order valence-corrected chi connectivity index (χ4v) is 5.77. The fraction of sp³-hybridized carbons (Fsp3) is 0.333. The second-order valence-corrected chi connectivity index (χ2v) is 11.1. The van der Waals surface area contributed by atoms with Crippen LogP contribution in [-0.2, 0) is 26.2 Å². The monoisotopic (exact) mass is 551 g/mol. The van der Waals surface area contributed by atoms with Crippen LogP contribution in [0, 0.1) is 13.8 Å². The van der Waals surface area contributed by atoms with E-state index in [1.54, 1.807) is 43.3 Å². The van der Waals surface area contributed by atoms with Crippen LogP contribution in [0.1, 0.15) is 37.0 Å². The van der Waals surface area contributed by atoms with Crippen molar-refractivity contribution in [3.05, 3.63) is 89.5 Å². The maximum Gasteiger partial charge on any atom is 0.264 e. The highest BCUT2D eigenvalue weighted by atomic mass is 32.2. The van der Waals surface area contributed by atoms with Crippen LogP contribution < -0.4 is 14.4 Å². The molecule has 0 fully saturated rings. The molecule has 0 aliphatic carbocycles. The summed E-state index contributed by atoms with van der Waals surface area (Å²) in [5.41, 5.74) is 2.99. The molecular formula is C30H37N3O5S. The zero-order valence-corrected chi connectivity index (χ0v) is 24.0. The van der Waals surface area contributed by atoms with E-state index >= 15 is 0 Å². The molecule has 0 aliphatic rings. The number of carbonyl (C=O) groups is 2. The van der Waals surface area contributed by atoms with Gasteiger partial charge in [-0.25, -0.2) is 8.42 Å². The van der Waals surface area contributed by atoms with E-state index in [1.165, 1.54) is 24.1 Å². The highest BCUT2D eigenvalue weighted by Crippen LogP contribution is 2.33. The van der Waals surface area contributed by atoms with Crippen LogP contribution >= 0.6 is 0 Å². The second kappa shape index (κ2) is 13.3. The molecule has 0 radical (unpaired) electrons. The van der Waals surface area contributed by atoms with Gasteiger partial charge in [0.25, 0.3) is 10.0 Å². The lowest BCUT2D eigenvalue weighted by Crippen LogP contribution is -2.51. The largest absolute Gasteiger partial charge is 0.492 e. The molecule has 0 saturated heterocycles. The lowest BCUT2D eigenvalue weighted by atomic mass is 10.1. The third kappa shape index (κ3) is 6.97. The second-order valence-electron chi connectivity index (χ2n) is 9.21. The van der Waals surface area contributed by atoms with Crippen molar-refractivity contribution in [2.75, 3.05) is 24.5 Å². The van der Waals surface area contributed by atoms with E-state index in [4.69, 9.17) is 4.74 Å². The van der Waals surface area contributed by atoms with Gasteiger partial charge in [-0.3, -0.25) is 13.9 Å². The topological polar surface area (TPSA) is 96.0 Å². The number of para-hydroxylation sites is 2. The summed E-state index contributed by atoms with van der Waals surface area (Å²) in [6.45, 7) is 7.39. The van der Waals surface area contributed by atoms with E-state index in [-0.39, 0.29) is 23.0 Å². The number of hydrogen-bond donors (Lipinski definition) is 1. The summed E-state index contributed by atoms with van der Waals surface area (Å²) in [5.74, 6) is -0.481. The van der Waals surface area contributed by atoms with Gasteiger partial charge in [0.2, 0.25) is 11.8 Å². The Kier molecular flexibility index (Phi) is 10.1. The first kappa shape index (κ1) is 29.7. The molecule has 0 aromatic heterocycles. The van der Waals surface area contributed by atoms with Crippen LogP contribution in [0.15, 0.2) is 77.7 Å². The summed E-state index contributed by atoms with van der Waals surface area (Å²) in [6.07, 6.45) is 0.359. The van der Waals surface area contributed by atoms with Gasteiger partial charge in [0.15, 0.2) is 0 Å². The zero-order chi connectivity index (χ0) is 28.6. The van der Waals surface area contributed by atoms with Gasteiger partial charge in [-0.05, 0) is 62.6 Å². The molecule has 2 amide bonds. The molecule has 8 nitrogen and oxygen atoms in total. The number of likely N-dealkylation sites (N-methyl/N-ethyl adjacent to an activating group) is 1. The van der Waals surface area contributed by atoms with E-state index in [9.17, 15) is 18.0 Å². The lowest BCUT2D eigenvalue weighted by molar-refractivity contribution is -0.140. The molecule has 208 valence electrons. The molecule has 0 saturated carbocycles. The number of aryl methyl sites for hydroxylation is 2. The van der Waals surface area contributed by atoms with Crippen molar-refractivity contribution >= 4 is 27.5 Å². The molecule has 1 N–H and O–H groups in total. The normalized spacial score (nSPS) is 11.9. The van der Waals surface area contributed by atoms with Gasteiger partial charge in [-0.15, -0.1) is 0 Å². The molecule has 0 heterocycles. The molecule has 9 heteroatoms. The number of benzene rings is 3. The molecule has 3 rings (SSSR count). The predicted molar refractivity (Wildman–Crippen MR) is 153 cm³/mol. The van der Waals surface area contributed by atoms with Gasteiger partial charge in [0.1, 0.15) is 18.3 Å². The van der Waals surface area contributed by atoms with Crippen molar-refractivity contribution in [1.29, 1.82) is 0 Å². The Balaban J connectivity index is 2.12. The fourth-order valence-electron chi connectivity index (χ4n) is 4.35. The maximum atomic E-state index is 14.1. The number of rotatable bonds is 12. The van der Waals surface area contributed by atoms with Crippen LogP contribution in [0.2, 0.25) is 0 Å². The summed E-state index contributed by atoms with van der Waals surface area (Å²) in [6, 6.07) is 20.0. The summed E-state index contributed by atoms with van der Waals surface area (Å²) >= 11 is 0. The molecular weight excluding hydrogens is 514 g/mol. The summed E-state index contributed by atoms with van der Waals surface area (Å²) < 4.78 is 34.9. The van der Waals surface area contributed by atoms with Gasteiger partial charge in [-0.2, -0.15) is 0 Å². The summed E-state index contributed by atoms with van der Waals surface area (Å²) in [5, 5.41) is 2.64. The van der Waals surface area contributed by atoms with Gasteiger partial charge in [-0.1, -0.05) is 61.0 Å². The van der Waals surface area contributed by atoms with Crippen molar-refractivity contribution in [1.82, 2.24) is 10.2 Å². The Morgan fingerprint density at radius 1 is 0.923 bits per heavy atom. The summed E-state index contributed by atoms with van der Waals surface area (Å²) in [7, 11) is -2.65. The van der Waals surface area contributed by atoms with Crippen molar-refractivity contribution < 1.29 is 22.7 Å². The van der Waals surface area contributed by atoms with Gasteiger partial charge < -0.3 is 15.0 Å².